The van der Waals surface area contributed by atoms with Gasteiger partial charge in [0.1, 0.15) is 12.7 Å². The Bertz CT molecular complexity index is 1510. The molecule has 0 aromatic carbocycles. The summed E-state index contributed by atoms with van der Waals surface area (Å²) in [7, 11) is -4.75. The summed E-state index contributed by atoms with van der Waals surface area (Å²) < 4.78 is 39.6. The zero-order chi connectivity index (χ0) is 55.5. The van der Waals surface area contributed by atoms with Crippen LogP contribution in [0.4, 0.5) is 0 Å². The zero-order valence-corrected chi connectivity index (χ0v) is 49.9. The molecule has 12 heteroatoms. The van der Waals surface area contributed by atoms with Gasteiger partial charge in [-0.3, -0.25) is 23.4 Å². The number of ether oxygens (including phenoxy) is 3. The number of hydrogen-bond acceptors (Lipinski definition) is 10. The Balaban J connectivity index is 4.62. The molecule has 0 aromatic heterocycles. The van der Waals surface area contributed by atoms with Gasteiger partial charge in [-0.1, -0.05) is 229 Å². The summed E-state index contributed by atoms with van der Waals surface area (Å²) in [5, 5.41) is 9.84. The third-order valence-electron chi connectivity index (χ3n) is 13.4. The predicted octanol–water partition coefficient (Wildman–Crippen LogP) is 18.7. The highest BCUT2D eigenvalue weighted by atomic mass is 31.2. The van der Waals surface area contributed by atoms with Crippen molar-refractivity contribution in [1.82, 2.24) is 0 Å². The molecule has 11 nitrogen and oxygen atoms in total. The highest BCUT2D eigenvalue weighted by Crippen LogP contribution is 2.43. The van der Waals surface area contributed by atoms with Crippen LogP contribution in [0.2, 0.25) is 0 Å². The molecule has 0 spiro atoms. The SMILES string of the molecule is CCCC/C=C\CCCCCCCC(=O)OCC(COP(=O)(O)OCC(CO)OC(=O)CCCCCCCCCCC/C=C\C/C=C\CCCCC)OC(=O)CCCCCCCCCCC/C=C\C/C=C\CCCCC. The summed E-state index contributed by atoms with van der Waals surface area (Å²) in [4.78, 5) is 48.6. The van der Waals surface area contributed by atoms with Crippen molar-refractivity contribution in [2.75, 3.05) is 26.4 Å². The van der Waals surface area contributed by atoms with Gasteiger partial charge in [-0.15, -0.1) is 0 Å². The van der Waals surface area contributed by atoms with E-state index in [4.69, 9.17) is 23.3 Å². The number of allylic oxidation sites excluding steroid dienone is 10. The lowest BCUT2D eigenvalue weighted by Gasteiger charge is -2.21. The fourth-order valence-corrected chi connectivity index (χ4v) is 9.36. The molecule has 0 aromatic rings. The largest absolute Gasteiger partial charge is 0.472 e. The molecule has 3 atom stereocenters. The number of phosphoric ester groups is 1. The number of carbonyl (C=O) groups excluding carboxylic acids is 3. The van der Waals surface area contributed by atoms with Crippen LogP contribution in [0.5, 0.6) is 0 Å². The molecule has 0 fully saturated rings. The van der Waals surface area contributed by atoms with Crippen molar-refractivity contribution in [3.63, 3.8) is 0 Å². The monoisotopic (exact) mass is 1090 g/mol. The van der Waals surface area contributed by atoms with E-state index in [1.54, 1.807) is 0 Å². The van der Waals surface area contributed by atoms with Crippen LogP contribution in [0.3, 0.4) is 0 Å². The van der Waals surface area contributed by atoms with Gasteiger partial charge < -0.3 is 24.2 Å². The Morgan fingerprint density at radius 2 is 0.658 bits per heavy atom. The Labute approximate surface area is 465 Å². The number of esters is 3. The van der Waals surface area contributed by atoms with E-state index in [2.05, 4.69) is 81.5 Å². The van der Waals surface area contributed by atoms with E-state index in [1.807, 2.05) is 0 Å². The molecule has 2 N–H and O–H groups in total. The van der Waals surface area contributed by atoms with Gasteiger partial charge >= 0.3 is 25.7 Å². The molecule has 0 bridgehead atoms. The smallest absolute Gasteiger partial charge is 0.462 e. The summed E-state index contributed by atoms with van der Waals surface area (Å²) in [6.45, 7) is 4.57. The van der Waals surface area contributed by atoms with Crippen molar-refractivity contribution >= 4 is 25.7 Å². The van der Waals surface area contributed by atoms with Crippen molar-refractivity contribution in [3.8, 4) is 0 Å². The average Bonchev–Trinajstić information content (AvgIpc) is 3.41. The second kappa shape index (κ2) is 58.3. The second-order valence-corrected chi connectivity index (χ2v) is 22.3. The van der Waals surface area contributed by atoms with Crippen LogP contribution < -0.4 is 0 Å². The van der Waals surface area contributed by atoms with Gasteiger partial charge in [-0.05, 0) is 103 Å². The van der Waals surface area contributed by atoms with E-state index in [0.717, 1.165) is 103 Å². The van der Waals surface area contributed by atoms with Crippen LogP contribution in [0, 0.1) is 0 Å². The molecule has 442 valence electrons. The molecule has 0 amide bonds. The fraction of sp³-hybridized carbons (Fsp3) is 0.797. The number of aliphatic hydroxyl groups excluding tert-OH is 1. The van der Waals surface area contributed by atoms with E-state index >= 15 is 0 Å². The third-order valence-corrected chi connectivity index (χ3v) is 14.3. The first-order chi connectivity index (χ1) is 37.2. The first kappa shape index (κ1) is 73.2. The minimum Gasteiger partial charge on any atom is -0.462 e. The number of unbranched alkanes of at least 4 members (excludes halogenated alkanes) is 31. The van der Waals surface area contributed by atoms with Crippen LogP contribution in [0.25, 0.3) is 0 Å². The summed E-state index contributed by atoms with van der Waals surface area (Å²) in [5.74, 6) is -1.47. The Morgan fingerprint density at radius 3 is 1.03 bits per heavy atom. The number of rotatable bonds is 58. The van der Waals surface area contributed by atoms with Crippen molar-refractivity contribution in [2.24, 2.45) is 0 Å². The average molecular weight is 1090 g/mol. The summed E-state index contributed by atoms with van der Waals surface area (Å²) in [5.41, 5.74) is 0. The minimum absolute atomic E-state index is 0.161. The number of aliphatic hydroxyl groups is 1. The maximum Gasteiger partial charge on any atom is 0.472 e. The lowest BCUT2D eigenvalue weighted by molar-refractivity contribution is -0.161. The van der Waals surface area contributed by atoms with E-state index < -0.39 is 57.8 Å². The van der Waals surface area contributed by atoms with E-state index in [1.165, 1.54) is 128 Å². The van der Waals surface area contributed by atoms with Crippen LogP contribution in [-0.4, -0.2) is 66.5 Å². The van der Waals surface area contributed by atoms with Gasteiger partial charge in [-0.2, -0.15) is 0 Å². The standard InChI is InChI=1S/C64H115O11P/c1-4-7-10-13-16-19-22-24-26-28-30-32-34-36-39-42-45-48-51-54-63(67)74-60(56-65)58-72-76(69,70)73-59-61(57-71-62(66)53-50-47-44-41-38-21-18-15-12-9-6-3)75-64(68)55-52-49-46-43-40-37-35-33-31-29-27-25-23-20-17-14-11-8-5-2/h15-20,24-27,60-61,65H,4-14,21-23,28-59H2,1-3H3,(H,69,70)/b18-15-,19-16-,20-17-,26-24-,27-25-. The molecular weight excluding hydrogens is 976 g/mol. The van der Waals surface area contributed by atoms with Gasteiger partial charge in [-0.25, -0.2) is 4.57 Å². The van der Waals surface area contributed by atoms with E-state index in [0.29, 0.717) is 19.3 Å². The van der Waals surface area contributed by atoms with Crippen molar-refractivity contribution in [1.29, 1.82) is 0 Å². The number of hydrogen-bond donors (Lipinski definition) is 2. The van der Waals surface area contributed by atoms with Crippen LogP contribution in [0.15, 0.2) is 60.8 Å². The van der Waals surface area contributed by atoms with Gasteiger partial charge in [0, 0.05) is 19.3 Å². The van der Waals surface area contributed by atoms with Gasteiger partial charge in [0.2, 0.25) is 0 Å². The lowest BCUT2D eigenvalue weighted by atomic mass is 10.1. The quantitative estimate of drug-likeness (QED) is 0.0197. The maximum absolute atomic E-state index is 12.9. The molecule has 0 rings (SSSR count). The highest BCUT2D eigenvalue weighted by molar-refractivity contribution is 7.47. The topological polar surface area (TPSA) is 155 Å². The number of carbonyl (C=O) groups is 3. The summed E-state index contributed by atoms with van der Waals surface area (Å²) >= 11 is 0. The number of phosphoric acid groups is 1. The van der Waals surface area contributed by atoms with E-state index in [9.17, 15) is 28.9 Å². The van der Waals surface area contributed by atoms with Crippen molar-refractivity contribution < 1.29 is 52.2 Å². The van der Waals surface area contributed by atoms with Crippen molar-refractivity contribution in [3.05, 3.63) is 60.8 Å². The third kappa shape index (κ3) is 55.9. The molecule has 0 aliphatic heterocycles. The van der Waals surface area contributed by atoms with Crippen LogP contribution in [0.1, 0.15) is 290 Å². The first-order valence-corrected chi connectivity index (χ1v) is 32.7. The molecule has 3 unspecified atom stereocenters. The molecular formula is C64H115O11P. The van der Waals surface area contributed by atoms with Gasteiger partial charge in [0.05, 0.1) is 19.8 Å². The zero-order valence-electron chi connectivity index (χ0n) is 49.0. The Morgan fingerprint density at radius 1 is 0.368 bits per heavy atom. The van der Waals surface area contributed by atoms with Crippen LogP contribution in [-0.2, 0) is 42.2 Å². The Hall–Kier alpha value is -2.82. The predicted molar refractivity (Wildman–Crippen MR) is 316 cm³/mol. The minimum atomic E-state index is -4.75. The van der Waals surface area contributed by atoms with Crippen molar-refractivity contribution in [2.45, 2.75) is 303 Å². The first-order valence-electron chi connectivity index (χ1n) is 31.2. The van der Waals surface area contributed by atoms with Crippen LogP contribution >= 0.6 is 7.82 Å². The Kier molecular flexibility index (Phi) is 56.2. The molecule has 0 radical (unpaired) electrons. The normalized spacial score (nSPS) is 13.7. The fourth-order valence-electron chi connectivity index (χ4n) is 8.58. The van der Waals surface area contributed by atoms with Gasteiger partial charge in [0.25, 0.3) is 0 Å². The van der Waals surface area contributed by atoms with Gasteiger partial charge in [0.15, 0.2) is 6.10 Å². The molecule has 0 heterocycles. The summed E-state index contributed by atoms with van der Waals surface area (Å²) in [6.07, 6.45) is 64.6. The molecule has 0 saturated carbocycles. The molecule has 76 heavy (non-hydrogen) atoms. The summed E-state index contributed by atoms with van der Waals surface area (Å²) in [6, 6.07) is 0. The maximum atomic E-state index is 12.9. The van der Waals surface area contributed by atoms with E-state index in [-0.39, 0.29) is 25.9 Å². The molecule has 0 saturated heterocycles. The molecule has 0 aliphatic carbocycles. The molecule has 0 aliphatic rings. The second-order valence-electron chi connectivity index (χ2n) is 20.9. The lowest BCUT2D eigenvalue weighted by Crippen LogP contribution is -2.30. The highest BCUT2D eigenvalue weighted by Gasteiger charge is 2.28.